The molecule has 0 atom stereocenters. The van der Waals surface area contributed by atoms with Crippen LogP contribution in [0.15, 0.2) is 46.4 Å². The zero-order valence-electron chi connectivity index (χ0n) is 8.93. The van der Waals surface area contributed by atoms with Gasteiger partial charge in [-0.2, -0.15) is 0 Å². The van der Waals surface area contributed by atoms with Crippen molar-refractivity contribution in [1.29, 1.82) is 0 Å². The molecule has 0 N–H and O–H groups in total. The van der Waals surface area contributed by atoms with Gasteiger partial charge in [0.1, 0.15) is 4.60 Å². The number of hydrogen-bond acceptors (Lipinski definition) is 3. The second-order valence-corrected chi connectivity index (χ2v) is 5.49. The molecule has 1 aromatic carbocycles. The van der Waals surface area contributed by atoms with Crippen LogP contribution in [0.4, 0.5) is 0 Å². The third-order valence-corrected chi connectivity index (χ3v) is 4.07. The van der Waals surface area contributed by atoms with Crippen molar-refractivity contribution in [1.82, 2.24) is 9.97 Å². The highest BCUT2D eigenvalue weighted by molar-refractivity contribution is 9.10. The van der Waals surface area contributed by atoms with Gasteiger partial charge < -0.3 is 0 Å². The fraction of sp³-hybridized carbons (Fsp3) is 0.0769. The van der Waals surface area contributed by atoms with Crippen LogP contribution in [-0.2, 0) is 6.42 Å². The summed E-state index contributed by atoms with van der Waals surface area (Å²) >= 11 is 5.02. The molecule has 3 rings (SSSR count). The summed E-state index contributed by atoms with van der Waals surface area (Å²) < 4.78 is 0.901. The quantitative estimate of drug-likeness (QED) is 0.714. The van der Waals surface area contributed by atoms with Crippen molar-refractivity contribution in [3.63, 3.8) is 0 Å². The monoisotopic (exact) mass is 304 g/mol. The highest BCUT2D eigenvalue weighted by atomic mass is 79.9. The van der Waals surface area contributed by atoms with Crippen LogP contribution in [-0.4, -0.2) is 9.97 Å². The standard InChI is InChI=1S/C13H9BrN2S/c14-12-8-17-13(16-12)7-10-6-5-9-3-1-2-4-11(9)15-10/h1-6,8H,7H2. The van der Waals surface area contributed by atoms with E-state index >= 15 is 0 Å². The minimum atomic E-state index is 0.793. The number of fused-ring (bicyclic) bond motifs is 1. The molecule has 2 nitrogen and oxygen atoms in total. The summed E-state index contributed by atoms with van der Waals surface area (Å²) in [6.45, 7) is 0. The van der Waals surface area contributed by atoms with Crippen molar-refractivity contribution in [2.75, 3.05) is 0 Å². The van der Waals surface area contributed by atoms with Crippen molar-refractivity contribution in [3.05, 3.63) is 57.1 Å². The van der Waals surface area contributed by atoms with Gasteiger partial charge in [0.15, 0.2) is 0 Å². The topological polar surface area (TPSA) is 25.8 Å². The molecule has 0 amide bonds. The summed E-state index contributed by atoms with van der Waals surface area (Å²) in [6, 6.07) is 12.3. The molecule has 0 saturated heterocycles. The Bertz CT molecular complexity index is 663. The number of pyridine rings is 1. The Morgan fingerprint density at radius 1 is 1.06 bits per heavy atom. The molecule has 4 heteroatoms. The normalized spacial score (nSPS) is 10.9. The Labute approximate surface area is 111 Å². The van der Waals surface area contributed by atoms with Crippen LogP contribution in [0.2, 0.25) is 0 Å². The fourth-order valence-corrected chi connectivity index (χ4v) is 3.01. The fourth-order valence-electron chi connectivity index (χ4n) is 1.73. The number of nitrogens with zero attached hydrogens (tertiary/aromatic N) is 2. The molecular formula is C13H9BrN2S. The Morgan fingerprint density at radius 3 is 2.76 bits per heavy atom. The van der Waals surface area contributed by atoms with E-state index in [0.29, 0.717) is 0 Å². The molecule has 0 aliphatic heterocycles. The number of aromatic nitrogens is 2. The van der Waals surface area contributed by atoms with Crippen molar-refractivity contribution < 1.29 is 0 Å². The van der Waals surface area contributed by atoms with E-state index in [-0.39, 0.29) is 0 Å². The average Bonchev–Trinajstić information content (AvgIpc) is 2.75. The maximum Gasteiger partial charge on any atom is 0.117 e. The van der Waals surface area contributed by atoms with Gasteiger partial charge in [0.25, 0.3) is 0 Å². The molecule has 0 radical (unpaired) electrons. The molecule has 0 fully saturated rings. The van der Waals surface area contributed by atoms with Crippen LogP contribution in [0.1, 0.15) is 10.7 Å². The first kappa shape index (κ1) is 10.9. The van der Waals surface area contributed by atoms with Gasteiger partial charge in [0, 0.05) is 22.9 Å². The van der Waals surface area contributed by atoms with Crippen LogP contribution < -0.4 is 0 Å². The van der Waals surface area contributed by atoms with E-state index in [4.69, 9.17) is 0 Å². The van der Waals surface area contributed by atoms with E-state index in [1.165, 1.54) is 5.39 Å². The van der Waals surface area contributed by atoms with Gasteiger partial charge in [-0.05, 0) is 28.1 Å². The van der Waals surface area contributed by atoms with E-state index < -0.39 is 0 Å². The number of benzene rings is 1. The zero-order chi connectivity index (χ0) is 11.7. The van der Waals surface area contributed by atoms with Crippen molar-refractivity contribution in [2.24, 2.45) is 0 Å². The van der Waals surface area contributed by atoms with Crippen LogP contribution in [0.25, 0.3) is 10.9 Å². The first-order valence-electron chi connectivity index (χ1n) is 5.26. The smallest absolute Gasteiger partial charge is 0.117 e. The lowest BCUT2D eigenvalue weighted by molar-refractivity contribution is 1.06. The van der Waals surface area contributed by atoms with Gasteiger partial charge in [-0.3, -0.25) is 4.98 Å². The largest absolute Gasteiger partial charge is 0.252 e. The summed E-state index contributed by atoms with van der Waals surface area (Å²) in [5.41, 5.74) is 2.10. The highest BCUT2D eigenvalue weighted by Crippen LogP contribution is 2.19. The van der Waals surface area contributed by atoms with Gasteiger partial charge in [-0.15, -0.1) is 11.3 Å². The van der Waals surface area contributed by atoms with Crippen molar-refractivity contribution in [3.8, 4) is 0 Å². The zero-order valence-corrected chi connectivity index (χ0v) is 11.3. The molecule has 84 valence electrons. The lowest BCUT2D eigenvalue weighted by atomic mass is 10.2. The summed E-state index contributed by atoms with van der Waals surface area (Å²) in [6.07, 6.45) is 0.793. The maximum atomic E-state index is 4.63. The molecule has 0 spiro atoms. The van der Waals surface area contributed by atoms with E-state index in [9.17, 15) is 0 Å². The molecule has 0 bridgehead atoms. The Morgan fingerprint density at radius 2 is 1.94 bits per heavy atom. The molecule has 0 saturated carbocycles. The van der Waals surface area contributed by atoms with Crippen LogP contribution >= 0.6 is 27.3 Å². The molecular weight excluding hydrogens is 296 g/mol. The predicted octanol–water partition coefficient (Wildman–Crippen LogP) is 4.04. The first-order valence-corrected chi connectivity index (χ1v) is 6.93. The Balaban J connectivity index is 1.95. The second-order valence-electron chi connectivity index (χ2n) is 3.74. The lowest BCUT2D eigenvalue weighted by Gasteiger charge is -2.00. The minimum Gasteiger partial charge on any atom is -0.252 e. The molecule has 0 aliphatic rings. The SMILES string of the molecule is Brc1csc(Cc2ccc3ccccc3n2)n1. The molecule has 0 aliphatic carbocycles. The third kappa shape index (κ3) is 2.37. The number of para-hydroxylation sites is 1. The molecule has 3 aromatic rings. The number of rotatable bonds is 2. The summed E-state index contributed by atoms with van der Waals surface area (Å²) in [4.78, 5) is 9.01. The predicted molar refractivity (Wildman–Crippen MR) is 74.4 cm³/mol. The first-order chi connectivity index (χ1) is 8.31. The van der Waals surface area contributed by atoms with Gasteiger partial charge in [-0.25, -0.2) is 4.98 Å². The Kier molecular flexibility index (Phi) is 2.91. The van der Waals surface area contributed by atoms with Crippen LogP contribution in [0, 0.1) is 0 Å². The summed E-state index contributed by atoms with van der Waals surface area (Å²) in [5.74, 6) is 0. The van der Waals surface area contributed by atoms with E-state index in [2.05, 4.69) is 44.1 Å². The van der Waals surface area contributed by atoms with Crippen LogP contribution in [0.5, 0.6) is 0 Å². The third-order valence-electron chi connectivity index (χ3n) is 2.51. The Hall–Kier alpha value is -1.26. The van der Waals surface area contributed by atoms with Crippen molar-refractivity contribution >= 4 is 38.2 Å². The van der Waals surface area contributed by atoms with Gasteiger partial charge in [-0.1, -0.05) is 24.3 Å². The summed E-state index contributed by atoms with van der Waals surface area (Å²) in [5, 5.41) is 4.26. The molecule has 0 unspecified atom stereocenters. The number of thiazole rings is 1. The second kappa shape index (κ2) is 4.55. The molecule has 17 heavy (non-hydrogen) atoms. The van der Waals surface area contributed by atoms with E-state index in [0.717, 1.165) is 27.2 Å². The van der Waals surface area contributed by atoms with Gasteiger partial charge in [0.2, 0.25) is 0 Å². The molecule has 2 aromatic heterocycles. The number of halogens is 1. The lowest BCUT2D eigenvalue weighted by Crippen LogP contribution is -1.91. The maximum absolute atomic E-state index is 4.63. The highest BCUT2D eigenvalue weighted by Gasteiger charge is 2.03. The molecule has 2 heterocycles. The van der Waals surface area contributed by atoms with Crippen LogP contribution in [0.3, 0.4) is 0 Å². The minimum absolute atomic E-state index is 0.793. The summed E-state index contributed by atoms with van der Waals surface area (Å²) in [7, 11) is 0. The van der Waals surface area contributed by atoms with Crippen molar-refractivity contribution in [2.45, 2.75) is 6.42 Å². The average molecular weight is 305 g/mol. The van der Waals surface area contributed by atoms with Gasteiger partial charge >= 0.3 is 0 Å². The van der Waals surface area contributed by atoms with E-state index in [1.54, 1.807) is 11.3 Å². The van der Waals surface area contributed by atoms with E-state index in [1.807, 2.05) is 23.6 Å². The van der Waals surface area contributed by atoms with Gasteiger partial charge in [0.05, 0.1) is 10.5 Å². The number of hydrogen-bond donors (Lipinski definition) is 0.